The number of nitrogens with two attached hydrogens (primary N) is 1. The summed E-state index contributed by atoms with van der Waals surface area (Å²) < 4.78 is 0. The summed E-state index contributed by atoms with van der Waals surface area (Å²) in [6.07, 6.45) is 9.17. The number of hydrogen-bond acceptors (Lipinski definition) is 3. The van der Waals surface area contributed by atoms with Crippen molar-refractivity contribution in [2.45, 2.75) is 38.5 Å². The molecular weight excluding hydrogens is 282 g/mol. The number of nitrogens with zero attached hydrogens (tertiary/aromatic N) is 2. The van der Waals surface area contributed by atoms with E-state index in [-0.39, 0.29) is 5.91 Å². The Morgan fingerprint density at radius 3 is 2.52 bits per heavy atom. The molecule has 1 aromatic heterocycles. The van der Waals surface area contributed by atoms with Gasteiger partial charge in [-0.05, 0) is 37.0 Å². The molecule has 21 heavy (non-hydrogen) atoms. The highest BCUT2D eigenvalue weighted by atomic mass is 32.1. The average Bonchev–Trinajstić information content (AvgIpc) is 2.53. The van der Waals surface area contributed by atoms with Crippen molar-refractivity contribution in [1.29, 1.82) is 0 Å². The van der Waals surface area contributed by atoms with Crippen molar-refractivity contribution in [3.8, 4) is 0 Å². The van der Waals surface area contributed by atoms with E-state index in [2.05, 4.69) is 4.98 Å². The van der Waals surface area contributed by atoms with E-state index in [1.165, 1.54) is 12.0 Å². The molecule has 0 aliphatic heterocycles. The van der Waals surface area contributed by atoms with Gasteiger partial charge < -0.3 is 10.6 Å². The molecule has 2 rings (SSSR count). The Hall–Kier alpha value is -1.49. The van der Waals surface area contributed by atoms with E-state index in [4.69, 9.17) is 18.0 Å². The van der Waals surface area contributed by atoms with Gasteiger partial charge >= 0.3 is 0 Å². The van der Waals surface area contributed by atoms with Crippen LogP contribution in [0.2, 0.25) is 0 Å². The maximum Gasteiger partial charge on any atom is 0.235 e. The van der Waals surface area contributed by atoms with Crippen LogP contribution in [0.5, 0.6) is 0 Å². The van der Waals surface area contributed by atoms with Crippen molar-refractivity contribution in [2.24, 2.45) is 11.1 Å². The van der Waals surface area contributed by atoms with Gasteiger partial charge in [0.25, 0.3) is 0 Å². The summed E-state index contributed by atoms with van der Waals surface area (Å²) in [5, 5.41) is 0. The van der Waals surface area contributed by atoms with Crippen molar-refractivity contribution in [3.05, 3.63) is 30.1 Å². The van der Waals surface area contributed by atoms with Crippen molar-refractivity contribution in [3.63, 3.8) is 0 Å². The maximum atomic E-state index is 12.8. The zero-order valence-corrected chi connectivity index (χ0v) is 13.4. The summed E-state index contributed by atoms with van der Waals surface area (Å²) in [5.74, 6) is 0.0868. The topological polar surface area (TPSA) is 59.2 Å². The Balaban J connectivity index is 2.01. The fourth-order valence-electron chi connectivity index (χ4n) is 3.03. The molecule has 1 fully saturated rings. The minimum Gasteiger partial charge on any atom is -0.392 e. The zero-order chi connectivity index (χ0) is 15.3. The Morgan fingerprint density at radius 1 is 1.33 bits per heavy atom. The highest BCUT2D eigenvalue weighted by Gasteiger charge is 2.43. The molecule has 1 aliphatic rings. The van der Waals surface area contributed by atoms with Gasteiger partial charge in [0.2, 0.25) is 5.91 Å². The molecule has 2 N–H and O–H groups in total. The van der Waals surface area contributed by atoms with E-state index in [1.807, 2.05) is 19.2 Å². The average molecular weight is 305 g/mol. The SMILES string of the molecule is CN(CCc1ccncc1)C(=O)C1(C(N)=S)CCCCC1. The van der Waals surface area contributed by atoms with E-state index < -0.39 is 5.41 Å². The number of carbonyl (C=O) groups is 1. The summed E-state index contributed by atoms with van der Waals surface area (Å²) >= 11 is 5.22. The Kier molecular flexibility index (Phi) is 5.28. The quantitative estimate of drug-likeness (QED) is 0.848. The van der Waals surface area contributed by atoms with Gasteiger partial charge in [-0.15, -0.1) is 0 Å². The Morgan fingerprint density at radius 2 is 1.95 bits per heavy atom. The van der Waals surface area contributed by atoms with E-state index in [9.17, 15) is 4.79 Å². The van der Waals surface area contributed by atoms with Crippen LogP contribution in [0.15, 0.2) is 24.5 Å². The first-order valence-electron chi connectivity index (χ1n) is 7.51. The van der Waals surface area contributed by atoms with Crippen LogP contribution in [0.25, 0.3) is 0 Å². The van der Waals surface area contributed by atoms with Crippen LogP contribution in [0.3, 0.4) is 0 Å². The maximum absolute atomic E-state index is 12.8. The highest BCUT2D eigenvalue weighted by molar-refractivity contribution is 7.80. The molecule has 114 valence electrons. The first kappa shape index (κ1) is 15.9. The monoisotopic (exact) mass is 305 g/mol. The van der Waals surface area contributed by atoms with E-state index in [0.29, 0.717) is 11.5 Å². The lowest BCUT2D eigenvalue weighted by Gasteiger charge is -2.37. The van der Waals surface area contributed by atoms with Crippen LogP contribution in [-0.4, -0.2) is 34.4 Å². The van der Waals surface area contributed by atoms with Crippen molar-refractivity contribution in [1.82, 2.24) is 9.88 Å². The molecule has 0 radical (unpaired) electrons. The molecule has 1 aromatic rings. The second-order valence-corrected chi connectivity index (χ2v) is 6.28. The number of amides is 1. The van der Waals surface area contributed by atoms with E-state index in [0.717, 1.165) is 32.1 Å². The molecule has 0 saturated heterocycles. The predicted octanol–water partition coefficient (Wildman–Crippen LogP) is 2.32. The van der Waals surface area contributed by atoms with Gasteiger partial charge in [0.15, 0.2) is 0 Å². The fraction of sp³-hybridized carbons (Fsp3) is 0.562. The van der Waals surface area contributed by atoms with Crippen LogP contribution < -0.4 is 5.73 Å². The second kappa shape index (κ2) is 6.98. The number of likely N-dealkylation sites (N-methyl/N-ethyl adjacent to an activating group) is 1. The summed E-state index contributed by atoms with van der Waals surface area (Å²) in [4.78, 5) is 19.0. The molecule has 1 amide bonds. The van der Waals surface area contributed by atoms with Gasteiger partial charge in [-0.2, -0.15) is 0 Å². The minimum absolute atomic E-state index is 0.0868. The van der Waals surface area contributed by atoms with Crippen molar-refractivity contribution >= 4 is 23.1 Å². The van der Waals surface area contributed by atoms with E-state index in [1.54, 1.807) is 17.3 Å². The van der Waals surface area contributed by atoms with Gasteiger partial charge in [-0.1, -0.05) is 31.5 Å². The van der Waals surface area contributed by atoms with E-state index >= 15 is 0 Å². The number of thiocarbonyl (C=S) groups is 1. The molecule has 4 nitrogen and oxygen atoms in total. The third-order valence-corrected chi connectivity index (χ3v) is 4.81. The molecular formula is C16H23N3OS. The molecule has 5 heteroatoms. The largest absolute Gasteiger partial charge is 0.392 e. The smallest absolute Gasteiger partial charge is 0.235 e. The minimum atomic E-state index is -0.611. The molecule has 0 unspecified atom stereocenters. The summed E-state index contributed by atoms with van der Waals surface area (Å²) in [6.45, 7) is 0.674. The van der Waals surface area contributed by atoms with Gasteiger partial charge in [0.1, 0.15) is 0 Å². The van der Waals surface area contributed by atoms with Crippen molar-refractivity contribution in [2.75, 3.05) is 13.6 Å². The number of carbonyl (C=O) groups excluding carboxylic acids is 1. The standard InChI is InChI=1S/C16H23N3OS/c1-19(12-7-13-5-10-18-11-6-13)15(20)16(14(17)21)8-3-2-4-9-16/h5-6,10-11H,2-4,7-9,12H2,1H3,(H2,17,21). The van der Waals surface area contributed by atoms with Gasteiger partial charge in [-0.3, -0.25) is 9.78 Å². The second-order valence-electron chi connectivity index (χ2n) is 5.84. The number of aromatic nitrogens is 1. The van der Waals surface area contributed by atoms with Gasteiger partial charge in [-0.25, -0.2) is 0 Å². The van der Waals surface area contributed by atoms with Crippen LogP contribution in [0, 0.1) is 5.41 Å². The third-order valence-electron chi connectivity index (χ3n) is 4.42. The Labute approximate surface area is 131 Å². The molecule has 0 spiro atoms. The molecule has 1 saturated carbocycles. The molecule has 0 bridgehead atoms. The molecule has 0 atom stereocenters. The molecule has 0 aromatic carbocycles. The van der Waals surface area contributed by atoms with Gasteiger partial charge in [0, 0.05) is 26.0 Å². The van der Waals surface area contributed by atoms with Crippen LogP contribution in [0.4, 0.5) is 0 Å². The number of pyridine rings is 1. The first-order valence-corrected chi connectivity index (χ1v) is 7.91. The molecule has 1 heterocycles. The fourth-order valence-corrected chi connectivity index (χ4v) is 3.33. The lowest BCUT2D eigenvalue weighted by molar-refractivity contribution is -0.138. The van der Waals surface area contributed by atoms with Crippen LogP contribution in [-0.2, 0) is 11.2 Å². The number of hydrogen-bond donors (Lipinski definition) is 1. The Bertz CT molecular complexity index is 498. The lowest BCUT2D eigenvalue weighted by Crippen LogP contribution is -2.50. The highest BCUT2D eigenvalue weighted by Crippen LogP contribution is 2.38. The summed E-state index contributed by atoms with van der Waals surface area (Å²) in [7, 11) is 1.85. The number of rotatable bonds is 5. The predicted molar refractivity (Wildman–Crippen MR) is 87.9 cm³/mol. The van der Waals surface area contributed by atoms with Crippen molar-refractivity contribution < 1.29 is 4.79 Å². The van der Waals surface area contributed by atoms with Crippen LogP contribution >= 0.6 is 12.2 Å². The summed E-state index contributed by atoms with van der Waals surface area (Å²) in [5.41, 5.74) is 6.49. The first-order chi connectivity index (χ1) is 10.1. The zero-order valence-electron chi connectivity index (χ0n) is 12.5. The molecule has 1 aliphatic carbocycles. The van der Waals surface area contributed by atoms with Gasteiger partial charge in [0.05, 0.1) is 10.4 Å². The van der Waals surface area contributed by atoms with Crippen LogP contribution in [0.1, 0.15) is 37.7 Å². The normalized spacial score (nSPS) is 17.2. The summed E-state index contributed by atoms with van der Waals surface area (Å²) in [6, 6.07) is 3.95. The third kappa shape index (κ3) is 3.59. The lowest BCUT2D eigenvalue weighted by atomic mass is 9.73.